The van der Waals surface area contributed by atoms with Crippen LogP contribution in [0, 0.1) is 0 Å². The van der Waals surface area contributed by atoms with Crippen molar-refractivity contribution in [1.29, 1.82) is 0 Å². The van der Waals surface area contributed by atoms with Crippen LogP contribution < -0.4 is 0 Å². The molecular weight excluding hydrogens is 172 g/mol. The molecule has 0 saturated heterocycles. The normalized spacial score (nSPS) is 12.8. The molecule has 0 aliphatic heterocycles. The summed E-state index contributed by atoms with van der Waals surface area (Å²) in [5, 5.41) is 17.6. The fourth-order valence-electron chi connectivity index (χ4n) is 0.819. The van der Waals surface area contributed by atoms with Gasteiger partial charge in [-0.05, 0) is 5.56 Å². The third-order valence-corrected chi connectivity index (χ3v) is 2.48. The van der Waals surface area contributed by atoms with Crippen LogP contribution in [0.15, 0.2) is 30.3 Å². The Bertz CT molecular complexity index is 213. The molecule has 0 aliphatic carbocycles. The zero-order valence-corrected chi connectivity index (χ0v) is 7.50. The fraction of sp³-hybridized carbons (Fsp3) is 0.333. The van der Waals surface area contributed by atoms with Crippen LogP contribution in [0.25, 0.3) is 0 Å². The molecule has 1 atom stereocenters. The van der Waals surface area contributed by atoms with E-state index in [-0.39, 0.29) is 6.61 Å². The Morgan fingerprint density at radius 2 is 1.92 bits per heavy atom. The quantitative estimate of drug-likeness (QED) is 0.691. The van der Waals surface area contributed by atoms with E-state index in [0.29, 0.717) is 0 Å². The van der Waals surface area contributed by atoms with Crippen LogP contribution in [0.4, 0.5) is 0 Å². The van der Waals surface area contributed by atoms with E-state index in [4.69, 9.17) is 10.2 Å². The number of hydrogen-bond donors (Lipinski definition) is 2. The average Bonchev–Trinajstić information content (AvgIpc) is 2.16. The van der Waals surface area contributed by atoms with E-state index in [1.165, 1.54) is 11.8 Å². The molecule has 0 amide bonds. The summed E-state index contributed by atoms with van der Waals surface area (Å²) >= 11 is 1.34. The summed E-state index contributed by atoms with van der Waals surface area (Å²) in [4.78, 5) is 0. The smallest absolute Gasteiger partial charge is 0.123 e. The first kappa shape index (κ1) is 9.58. The fourth-order valence-corrected chi connectivity index (χ4v) is 1.50. The molecule has 0 radical (unpaired) electrons. The van der Waals surface area contributed by atoms with Crippen LogP contribution >= 0.6 is 11.8 Å². The second kappa shape index (κ2) is 5.19. The molecule has 2 nitrogen and oxygen atoms in total. The molecule has 1 aromatic rings. The van der Waals surface area contributed by atoms with Gasteiger partial charge >= 0.3 is 0 Å². The molecule has 1 rings (SSSR count). The Morgan fingerprint density at radius 1 is 1.25 bits per heavy atom. The van der Waals surface area contributed by atoms with Crippen LogP contribution in [0.2, 0.25) is 0 Å². The van der Waals surface area contributed by atoms with Crippen molar-refractivity contribution in [3.63, 3.8) is 0 Å². The van der Waals surface area contributed by atoms with Gasteiger partial charge < -0.3 is 10.2 Å². The Balaban J connectivity index is 2.33. The van der Waals surface area contributed by atoms with Gasteiger partial charge in [0.15, 0.2) is 0 Å². The van der Waals surface area contributed by atoms with Gasteiger partial charge in [-0.3, -0.25) is 0 Å². The Labute approximate surface area is 76.2 Å². The van der Waals surface area contributed by atoms with E-state index < -0.39 is 5.44 Å². The first-order valence-corrected chi connectivity index (χ1v) is 4.82. The van der Waals surface area contributed by atoms with Crippen LogP contribution in [0.5, 0.6) is 0 Å². The van der Waals surface area contributed by atoms with Gasteiger partial charge in [0.25, 0.3) is 0 Å². The highest BCUT2D eigenvalue weighted by molar-refractivity contribution is 7.98. The van der Waals surface area contributed by atoms with E-state index in [9.17, 15) is 0 Å². The molecular formula is C9H12O2S. The molecule has 1 unspecified atom stereocenters. The molecule has 0 aromatic heterocycles. The molecule has 0 spiro atoms. The van der Waals surface area contributed by atoms with Crippen molar-refractivity contribution >= 4 is 11.8 Å². The lowest BCUT2D eigenvalue weighted by Crippen LogP contribution is -2.06. The Hall–Kier alpha value is -0.510. The minimum absolute atomic E-state index is 0.183. The second-order valence-electron chi connectivity index (χ2n) is 2.43. The van der Waals surface area contributed by atoms with Crippen LogP contribution in [0.1, 0.15) is 5.56 Å². The monoisotopic (exact) mass is 184 g/mol. The van der Waals surface area contributed by atoms with Gasteiger partial charge in [-0.1, -0.05) is 30.3 Å². The predicted octanol–water partition coefficient (Wildman–Crippen LogP) is 1.23. The molecule has 0 fully saturated rings. The van der Waals surface area contributed by atoms with Crippen molar-refractivity contribution < 1.29 is 10.2 Å². The molecule has 2 N–H and O–H groups in total. The van der Waals surface area contributed by atoms with Gasteiger partial charge in [-0.2, -0.15) is 0 Å². The maximum Gasteiger partial charge on any atom is 0.123 e. The summed E-state index contributed by atoms with van der Waals surface area (Å²) in [5.41, 5.74) is 0.500. The zero-order valence-electron chi connectivity index (χ0n) is 6.68. The Kier molecular flexibility index (Phi) is 4.14. The molecule has 0 heterocycles. The van der Waals surface area contributed by atoms with Crippen molar-refractivity contribution in [3.8, 4) is 0 Å². The lowest BCUT2D eigenvalue weighted by molar-refractivity contribution is 0.160. The number of aliphatic hydroxyl groups is 2. The standard InChI is InChI=1S/C9H12O2S/c10-6-9(11)12-7-8-4-2-1-3-5-8/h1-5,9-11H,6-7H2. The first-order valence-electron chi connectivity index (χ1n) is 3.77. The van der Waals surface area contributed by atoms with Gasteiger partial charge in [-0.25, -0.2) is 0 Å². The van der Waals surface area contributed by atoms with Gasteiger partial charge in [-0.15, -0.1) is 11.8 Å². The van der Waals surface area contributed by atoms with Crippen molar-refractivity contribution in [2.24, 2.45) is 0 Å². The van der Waals surface area contributed by atoms with Crippen LogP contribution in [-0.2, 0) is 5.75 Å². The number of benzene rings is 1. The molecule has 12 heavy (non-hydrogen) atoms. The van der Waals surface area contributed by atoms with E-state index in [0.717, 1.165) is 11.3 Å². The second-order valence-corrected chi connectivity index (χ2v) is 3.60. The number of hydrogen-bond acceptors (Lipinski definition) is 3. The van der Waals surface area contributed by atoms with Crippen LogP contribution in [-0.4, -0.2) is 22.3 Å². The van der Waals surface area contributed by atoms with Crippen molar-refractivity contribution in [1.82, 2.24) is 0 Å². The summed E-state index contributed by atoms with van der Waals surface area (Å²) in [5.74, 6) is 0.739. The highest BCUT2D eigenvalue weighted by Gasteiger charge is 2.01. The lowest BCUT2D eigenvalue weighted by Gasteiger charge is -2.05. The average molecular weight is 184 g/mol. The van der Waals surface area contributed by atoms with E-state index in [2.05, 4.69) is 0 Å². The third kappa shape index (κ3) is 3.26. The minimum atomic E-state index is -0.662. The summed E-state index contributed by atoms with van der Waals surface area (Å²) in [6.45, 7) is -0.183. The number of rotatable bonds is 4. The summed E-state index contributed by atoms with van der Waals surface area (Å²) < 4.78 is 0. The lowest BCUT2D eigenvalue weighted by atomic mass is 10.2. The minimum Gasteiger partial charge on any atom is -0.393 e. The van der Waals surface area contributed by atoms with Crippen molar-refractivity contribution in [2.45, 2.75) is 11.2 Å². The molecule has 1 aromatic carbocycles. The molecule has 0 aliphatic rings. The molecule has 3 heteroatoms. The van der Waals surface area contributed by atoms with Gasteiger partial charge in [0.1, 0.15) is 5.44 Å². The zero-order chi connectivity index (χ0) is 8.81. The maximum atomic E-state index is 9.03. The van der Waals surface area contributed by atoms with Gasteiger partial charge in [0, 0.05) is 5.75 Å². The van der Waals surface area contributed by atoms with Crippen LogP contribution in [0.3, 0.4) is 0 Å². The van der Waals surface area contributed by atoms with Crippen molar-refractivity contribution in [3.05, 3.63) is 35.9 Å². The topological polar surface area (TPSA) is 40.5 Å². The third-order valence-electron chi connectivity index (χ3n) is 1.44. The van der Waals surface area contributed by atoms with E-state index in [1.807, 2.05) is 30.3 Å². The first-order chi connectivity index (χ1) is 5.83. The SMILES string of the molecule is OCC(O)SCc1ccccc1. The number of thioether (sulfide) groups is 1. The van der Waals surface area contributed by atoms with E-state index in [1.54, 1.807) is 0 Å². The summed E-state index contributed by atoms with van der Waals surface area (Å²) in [6, 6.07) is 9.87. The molecule has 0 bridgehead atoms. The molecule has 0 saturated carbocycles. The number of aliphatic hydroxyl groups excluding tert-OH is 2. The van der Waals surface area contributed by atoms with Gasteiger partial charge in [0.05, 0.1) is 6.61 Å². The summed E-state index contributed by atoms with van der Waals surface area (Å²) in [7, 11) is 0. The predicted molar refractivity (Wildman–Crippen MR) is 50.8 cm³/mol. The molecule has 66 valence electrons. The largest absolute Gasteiger partial charge is 0.393 e. The highest BCUT2D eigenvalue weighted by Crippen LogP contribution is 2.14. The summed E-state index contributed by atoms with van der Waals surface area (Å²) in [6.07, 6.45) is 0. The Morgan fingerprint density at radius 3 is 2.50 bits per heavy atom. The maximum absolute atomic E-state index is 9.03. The highest BCUT2D eigenvalue weighted by atomic mass is 32.2. The van der Waals surface area contributed by atoms with Crippen molar-refractivity contribution in [2.75, 3.05) is 6.61 Å². The van der Waals surface area contributed by atoms with E-state index >= 15 is 0 Å². The van der Waals surface area contributed by atoms with Gasteiger partial charge in [0.2, 0.25) is 0 Å².